The number of hydrogen-bond acceptors (Lipinski definition) is 5. The van der Waals surface area contributed by atoms with Crippen molar-refractivity contribution in [2.24, 2.45) is 0 Å². The van der Waals surface area contributed by atoms with Crippen LogP contribution in [0.25, 0.3) is 0 Å². The topological polar surface area (TPSA) is 75.5 Å². The molecule has 0 unspecified atom stereocenters. The monoisotopic (exact) mass is 354 g/mol. The minimum Gasteiger partial charge on any atom is -0.336 e. The van der Waals surface area contributed by atoms with Gasteiger partial charge in [-0.2, -0.15) is 5.10 Å². The Morgan fingerprint density at radius 3 is 2.62 bits per heavy atom. The Labute approximate surface area is 143 Å². The molecule has 2 aliphatic rings. The first-order valence-corrected chi connectivity index (χ1v) is 10.4. The molecule has 2 saturated heterocycles. The molecular weight excluding hydrogens is 328 g/mol. The van der Waals surface area contributed by atoms with Crippen molar-refractivity contribution in [3.05, 3.63) is 18.0 Å². The van der Waals surface area contributed by atoms with Gasteiger partial charge in [-0.1, -0.05) is 6.92 Å². The first kappa shape index (κ1) is 17.4. The lowest BCUT2D eigenvalue weighted by molar-refractivity contribution is -0.136. The molecule has 24 heavy (non-hydrogen) atoms. The zero-order chi connectivity index (χ0) is 17.5. The van der Waals surface area contributed by atoms with Gasteiger partial charge in [0.2, 0.25) is 5.91 Å². The van der Waals surface area contributed by atoms with Crippen LogP contribution in [0.4, 0.5) is 0 Å². The minimum absolute atomic E-state index is 0.0503. The van der Waals surface area contributed by atoms with E-state index in [4.69, 9.17) is 0 Å². The molecule has 134 valence electrons. The lowest BCUT2D eigenvalue weighted by atomic mass is 10.0. The number of piperazine rings is 1. The molecule has 2 atom stereocenters. The Balaban J connectivity index is 1.79. The highest BCUT2D eigenvalue weighted by Crippen LogP contribution is 2.28. The summed E-state index contributed by atoms with van der Waals surface area (Å²) in [6, 6.07) is -0.0182. The lowest BCUT2D eigenvalue weighted by Gasteiger charge is -2.43. The van der Waals surface area contributed by atoms with E-state index in [1.54, 1.807) is 4.90 Å². The van der Waals surface area contributed by atoms with E-state index >= 15 is 0 Å². The van der Waals surface area contributed by atoms with E-state index < -0.39 is 9.84 Å². The number of amides is 1. The van der Waals surface area contributed by atoms with Crippen molar-refractivity contribution in [2.45, 2.75) is 51.9 Å². The van der Waals surface area contributed by atoms with Gasteiger partial charge in [0.25, 0.3) is 0 Å². The van der Waals surface area contributed by atoms with Crippen LogP contribution >= 0.6 is 0 Å². The van der Waals surface area contributed by atoms with Crippen LogP contribution < -0.4 is 0 Å². The van der Waals surface area contributed by atoms with E-state index in [0.717, 1.165) is 5.56 Å². The summed E-state index contributed by atoms with van der Waals surface area (Å²) in [7, 11) is -3.09. The fourth-order valence-electron chi connectivity index (χ4n) is 3.71. The molecular formula is C16H26N4O3S. The van der Waals surface area contributed by atoms with E-state index in [2.05, 4.69) is 23.8 Å². The first-order chi connectivity index (χ1) is 11.3. The van der Waals surface area contributed by atoms with Crippen molar-refractivity contribution < 1.29 is 13.2 Å². The Kier molecular flexibility index (Phi) is 4.70. The molecule has 1 aromatic heterocycles. The first-order valence-electron chi connectivity index (χ1n) is 8.57. The maximum absolute atomic E-state index is 12.2. The standard InChI is InChI=1S/C16H26N4O3S/c1-4-16(21)19-6-5-18(14-10-24(22,23)11-15(14)19)8-13-7-17-20(9-13)12(2)3/h7,9,12,14-15H,4-6,8,10-11H2,1-3H3/t14-,15+/m0/s1. The zero-order valence-corrected chi connectivity index (χ0v) is 15.4. The molecule has 3 rings (SSSR count). The Hall–Kier alpha value is -1.41. The van der Waals surface area contributed by atoms with Crippen molar-refractivity contribution in [3.63, 3.8) is 0 Å². The highest BCUT2D eigenvalue weighted by molar-refractivity contribution is 7.91. The summed E-state index contributed by atoms with van der Waals surface area (Å²) in [5, 5.41) is 4.36. The number of fused-ring (bicyclic) bond motifs is 1. The highest BCUT2D eigenvalue weighted by Gasteiger charge is 2.47. The molecule has 3 heterocycles. The number of hydrogen-bond donors (Lipinski definition) is 0. The summed E-state index contributed by atoms with van der Waals surface area (Å²) >= 11 is 0. The van der Waals surface area contributed by atoms with Crippen LogP contribution in [0.3, 0.4) is 0 Å². The van der Waals surface area contributed by atoms with Gasteiger partial charge >= 0.3 is 0 Å². The van der Waals surface area contributed by atoms with E-state index in [0.29, 0.717) is 32.1 Å². The molecule has 2 fully saturated rings. The number of aromatic nitrogens is 2. The summed E-state index contributed by atoms with van der Waals surface area (Å²) in [6.45, 7) is 7.96. The van der Waals surface area contributed by atoms with Gasteiger partial charge < -0.3 is 4.90 Å². The smallest absolute Gasteiger partial charge is 0.222 e. The van der Waals surface area contributed by atoms with Crippen molar-refractivity contribution in [1.29, 1.82) is 0 Å². The minimum atomic E-state index is -3.09. The van der Waals surface area contributed by atoms with Crippen molar-refractivity contribution in [2.75, 3.05) is 24.6 Å². The Morgan fingerprint density at radius 1 is 1.29 bits per heavy atom. The van der Waals surface area contributed by atoms with Crippen LogP contribution in [0, 0.1) is 0 Å². The molecule has 0 aliphatic carbocycles. The lowest BCUT2D eigenvalue weighted by Crippen LogP contribution is -2.60. The quantitative estimate of drug-likeness (QED) is 0.795. The molecule has 1 amide bonds. The summed E-state index contributed by atoms with van der Waals surface area (Å²) in [5.41, 5.74) is 1.09. The van der Waals surface area contributed by atoms with E-state index in [-0.39, 0.29) is 29.5 Å². The van der Waals surface area contributed by atoms with Gasteiger partial charge in [0, 0.05) is 49.9 Å². The van der Waals surface area contributed by atoms with Crippen LogP contribution in [0.2, 0.25) is 0 Å². The number of carbonyl (C=O) groups excluding carboxylic acids is 1. The average Bonchev–Trinajstić information content (AvgIpc) is 3.10. The predicted octanol–water partition coefficient (Wildman–Crippen LogP) is 0.684. The van der Waals surface area contributed by atoms with E-state index in [9.17, 15) is 13.2 Å². The summed E-state index contributed by atoms with van der Waals surface area (Å²) in [5.74, 6) is 0.281. The maximum atomic E-state index is 12.2. The average molecular weight is 354 g/mol. The molecule has 1 aromatic rings. The highest BCUT2D eigenvalue weighted by atomic mass is 32.2. The fourth-order valence-corrected chi connectivity index (χ4v) is 5.72. The molecule has 2 aliphatic heterocycles. The summed E-state index contributed by atoms with van der Waals surface area (Å²) in [6.07, 6.45) is 4.29. The predicted molar refractivity (Wildman–Crippen MR) is 91.3 cm³/mol. The third-order valence-electron chi connectivity index (χ3n) is 4.98. The number of sulfone groups is 1. The Bertz CT molecular complexity index is 713. The van der Waals surface area contributed by atoms with E-state index in [1.165, 1.54) is 0 Å². The van der Waals surface area contributed by atoms with Crippen molar-refractivity contribution >= 4 is 15.7 Å². The van der Waals surface area contributed by atoms with E-state index in [1.807, 2.05) is 24.0 Å². The molecule has 0 radical (unpaired) electrons. The van der Waals surface area contributed by atoms with Gasteiger partial charge in [0.1, 0.15) is 0 Å². The van der Waals surface area contributed by atoms with Crippen molar-refractivity contribution in [1.82, 2.24) is 19.6 Å². The fraction of sp³-hybridized carbons (Fsp3) is 0.750. The number of rotatable bonds is 4. The molecule has 0 aromatic carbocycles. The van der Waals surface area contributed by atoms with Crippen LogP contribution in [0.15, 0.2) is 12.4 Å². The second-order valence-electron chi connectivity index (χ2n) is 7.05. The molecule has 0 saturated carbocycles. The maximum Gasteiger partial charge on any atom is 0.222 e. The molecule has 8 heteroatoms. The summed E-state index contributed by atoms with van der Waals surface area (Å²) in [4.78, 5) is 16.1. The normalized spacial score (nSPS) is 26.8. The second-order valence-corrected chi connectivity index (χ2v) is 9.20. The van der Waals surface area contributed by atoms with Gasteiger partial charge in [-0.3, -0.25) is 14.4 Å². The van der Waals surface area contributed by atoms with Crippen LogP contribution in [-0.4, -0.2) is 70.6 Å². The van der Waals surface area contributed by atoms with Crippen molar-refractivity contribution in [3.8, 4) is 0 Å². The molecule has 0 spiro atoms. The van der Waals surface area contributed by atoms with Crippen LogP contribution in [0.1, 0.15) is 38.8 Å². The van der Waals surface area contributed by atoms with Gasteiger partial charge in [-0.15, -0.1) is 0 Å². The zero-order valence-electron chi connectivity index (χ0n) is 14.6. The van der Waals surface area contributed by atoms with Crippen LogP contribution in [0.5, 0.6) is 0 Å². The molecule has 7 nitrogen and oxygen atoms in total. The van der Waals surface area contributed by atoms with Gasteiger partial charge in [0.05, 0.1) is 23.7 Å². The second kappa shape index (κ2) is 6.48. The summed E-state index contributed by atoms with van der Waals surface area (Å²) < 4.78 is 26.2. The third-order valence-corrected chi connectivity index (χ3v) is 6.68. The number of carbonyl (C=O) groups is 1. The molecule has 0 N–H and O–H groups in total. The third kappa shape index (κ3) is 3.35. The Morgan fingerprint density at radius 2 is 2.00 bits per heavy atom. The molecule has 0 bridgehead atoms. The largest absolute Gasteiger partial charge is 0.336 e. The van der Waals surface area contributed by atoms with Crippen LogP contribution in [-0.2, 0) is 21.2 Å². The van der Waals surface area contributed by atoms with Gasteiger partial charge in [0.15, 0.2) is 9.84 Å². The number of nitrogens with zero attached hydrogens (tertiary/aromatic N) is 4. The van der Waals surface area contributed by atoms with Gasteiger partial charge in [-0.05, 0) is 13.8 Å². The van der Waals surface area contributed by atoms with Gasteiger partial charge in [-0.25, -0.2) is 8.42 Å². The SMILES string of the molecule is CCC(=O)N1CCN(Cc2cnn(C(C)C)c2)[C@H]2CS(=O)(=O)C[C@H]21.